The van der Waals surface area contributed by atoms with Crippen molar-refractivity contribution in [2.75, 3.05) is 13.1 Å². The molecule has 5 nitrogen and oxygen atoms in total. The predicted molar refractivity (Wildman–Crippen MR) is 74.0 cm³/mol. The van der Waals surface area contributed by atoms with Crippen molar-refractivity contribution < 1.29 is 14.7 Å². The Hall–Kier alpha value is -1.26. The highest BCUT2D eigenvalue weighted by molar-refractivity contribution is 5.79. The second-order valence-electron chi connectivity index (χ2n) is 6.49. The molecule has 2 amide bonds. The Bertz CT molecular complexity index is 364. The summed E-state index contributed by atoms with van der Waals surface area (Å²) in [5, 5.41) is 12.1. The van der Waals surface area contributed by atoms with Crippen molar-refractivity contribution in [1.82, 2.24) is 10.2 Å². The molecule has 0 aromatic rings. The average molecular weight is 270 g/mol. The minimum atomic E-state index is -1.02. The van der Waals surface area contributed by atoms with Gasteiger partial charge in [-0.15, -0.1) is 0 Å². The molecule has 1 saturated heterocycles. The number of nitrogens with zero attached hydrogens (tertiary/aromatic N) is 1. The number of amides is 2. The quantitative estimate of drug-likeness (QED) is 0.823. The van der Waals surface area contributed by atoms with E-state index < -0.39 is 16.9 Å². The zero-order valence-corrected chi connectivity index (χ0v) is 12.6. The van der Waals surface area contributed by atoms with Crippen molar-refractivity contribution in [1.29, 1.82) is 0 Å². The number of hydrogen-bond acceptors (Lipinski definition) is 2. The van der Waals surface area contributed by atoms with Crippen LogP contribution in [0, 0.1) is 11.3 Å². The van der Waals surface area contributed by atoms with Gasteiger partial charge in [0.25, 0.3) is 0 Å². The minimum absolute atomic E-state index is 0.157. The summed E-state index contributed by atoms with van der Waals surface area (Å²) in [6, 6.07) is -0.157. The number of aliphatic carboxylic acids is 1. The second-order valence-corrected chi connectivity index (χ2v) is 6.49. The number of nitrogens with one attached hydrogen (secondary N) is 1. The molecule has 0 radical (unpaired) electrons. The minimum Gasteiger partial charge on any atom is -0.481 e. The van der Waals surface area contributed by atoms with Crippen molar-refractivity contribution in [2.24, 2.45) is 11.3 Å². The summed E-state index contributed by atoms with van der Waals surface area (Å²) in [5.74, 6) is -0.341. The van der Waals surface area contributed by atoms with Crippen LogP contribution in [-0.4, -0.2) is 40.6 Å². The lowest BCUT2D eigenvalue weighted by atomic mass is 9.74. The largest absolute Gasteiger partial charge is 0.481 e. The Morgan fingerprint density at radius 1 is 1.32 bits per heavy atom. The SMILES string of the molecule is CCC1CCN(C(=O)NC(C)(C)C(C)(C)C(=O)O)C1. The van der Waals surface area contributed by atoms with Crippen LogP contribution in [0.15, 0.2) is 0 Å². The lowest BCUT2D eigenvalue weighted by molar-refractivity contribution is -0.150. The van der Waals surface area contributed by atoms with Crippen molar-refractivity contribution in [2.45, 2.75) is 53.0 Å². The molecule has 0 spiro atoms. The first kappa shape index (κ1) is 15.8. The number of carbonyl (C=O) groups is 2. The molecule has 0 saturated carbocycles. The van der Waals surface area contributed by atoms with Gasteiger partial charge < -0.3 is 15.3 Å². The van der Waals surface area contributed by atoms with Crippen LogP contribution in [-0.2, 0) is 4.79 Å². The van der Waals surface area contributed by atoms with Gasteiger partial charge in [0.15, 0.2) is 0 Å². The number of likely N-dealkylation sites (tertiary alicyclic amines) is 1. The van der Waals surface area contributed by atoms with Gasteiger partial charge in [0.1, 0.15) is 0 Å². The summed E-state index contributed by atoms with van der Waals surface area (Å²) in [4.78, 5) is 25.3. The number of hydrogen-bond donors (Lipinski definition) is 2. The van der Waals surface area contributed by atoms with Gasteiger partial charge in [0, 0.05) is 13.1 Å². The maximum atomic E-state index is 12.2. The van der Waals surface area contributed by atoms with Gasteiger partial charge in [0.05, 0.1) is 11.0 Å². The van der Waals surface area contributed by atoms with Gasteiger partial charge in [-0.3, -0.25) is 4.79 Å². The van der Waals surface area contributed by atoms with Gasteiger partial charge in [-0.05, 0) is 40.0 Å². The van der Waals surface area contributed by atoms with Crippen molar-refractivity contribution in [3.63, 3.8) is 0 Å². The first-order valence-electron chi connectivity index (χ1n) is 6.92. The first-order chi connectivity index (χ1) is 8.61. The third-order valence-corrected chi connectivity index (χ3v) is 4.67. The molecule has 1 rings (SSSR count). The standard InChI is InChI=1S/C14H26N2O3/c1-6-10-7-8-16(9-10)12(19)15-14(4,5)13(2,3)11(17)18/h10H,6-9H2,1-5H3,(H,15,19)(H,17,18). The highest BCUT2D eigenvalue weighted by Crippen LogP contribution is 2.31. The fourth-order valence-corrected chi connectivity index (χ4v) is 2.12. The molecule has 1 aliphatic rings. The fraction of sp³-hybridized carbons (Fsp3) is 0.857. The number of rotatable bonds is 4. The van der Waals surface area contributed by atoms with Gasteiger partial charge in [-0.1, -0.05) is 13.3 Å². The maximum Gasteiger partial charge on any atom is 0.317 e. The Kier molecular flexibility index (Phi) is 4.48. The van der Waals surface area contributed by atoms with E-state index >= 15 is 0 Å². The molecule has 110 valence electrons. The summed E-state index contributed by atoms with van der Waals surface area (Å²) in [5.41, 5.74) is -1.83. The lowest BCUT2D eigenvalue weighted by Gasteiger charge is -2.39. The second kappa shape index (κ2) is 5.39. The Morgan fingerprint density at radius 2 is 1.89 bits per heavy atom. The molecule has 0 aromatic heterocycles. The lowest BCUT2D eigenvalue weighted by Crippen LogP contribution is -2.59. The molecule has 19 heavy (non-hydrogen) atoms. The summed E-state index contributed by atoms with van der Waals surface area (Å²) >= 11 is 0. The monoisotopic (exact) mass is 270 g/mol. The Balaban J connectivity index is 2.69. The van der Waals surface area contributed by atoms with Crippen LogP contribution in [0.5, 0.6) is 0 Å². The molecule has 1 unspecified atom stereocenters. The predicted octanol–water partition coefficient (Wildman–Crippen LogP) is 2.32. The summed E-state index contributed by atoms with van der Waals surface area (Å²) < 4.78 is 0. The number of carboxylic acid groups (broad SMARTS) is 1. The highest BCUT2D eigenvalue weighted by atomic mass is 16.4. The zero-order valence-electron chi connectivity index (χ0n) is 12.6. The zero-order chi connectivity index (χ0) is 14.8. The van der Waals surface area contributed by atoms with E-state index in [2.05, 4.69) is 12.2 Å². The third kappa shape index (κ3) is 3.19. The molecule has 2 N–H and O–H groups in total. The van der Waals surface area contributed by atoms with Crippen LogP contribution in [0.2, 0.25) is 0 Å². The van der Waals surface area contributed by atoms with Crippen molar-refractivity contribution >= 4 is 12.0 Å². The maximum absolute atomic E-state index is 12.2. The molecular formula is C14H26N2O3. The van der Waals surface area contributed by atoms with E-state index in [0.717, 1.165) is 25.9 Å². The van der Waals surface area contributed by atoms with Crippen LogP contribution in [0.1, 0.15) is 47.5 Å². The molecule has 1 aliphatic heterocycles. The fourth-order valence-electron chi connectivity index (χ4n) is 2.12. The van der Waals surface area contributed by atoms with Crippen molar-refractivity contribution in [3.8, 4) is 0 Å². The highest BCUT2D eigenvalue weighted by Gasteiger charge is 2.45. The first-order valence-corrected chi connectivity index (χ1v) is 6.92. The van der Waals surface area contributed by atoms with Gasteiger partial charge in [-0.2, -0.15) is 0 Å². The van der Waals surface area contributed by atoms with E-state index in [1.54, 1.807) is 32.6 Å². The number of carboxylic acids is 1. The molecule has 1 heterocycles. The molecule has 0 bridgehead atoms. The van der Waals surface area contributed by atoms with Crippen LogP contribution in [0.4, 0.5) is 4.79 Å². The van der Waals surface area contributed by atoms with Crippen LogP contribution < -0.4 is 5.32 Å². The van der Waals surface area contributed by atoms with Gasteiger partial charge in [0.2, 0.25) is 0 Å². The smallest absolute Gasteiger partial charge is 0.317 e. The topological polar surface area (TPSA) is 69.6 Å². The molecule has 5 heteroatoms. The molecule has 0 aliphatic carbocycles. The average Bonchev–Trinajstić information content (AvgIpc) is 2.76. The van der Waals surface area contributed by atoms with E-state index in [1.165, 1.54) is 0 Å². The van der Waals surface area contributed by atoms with E-state index in [9.17, 15) is 14.7 Å². The Morgan fingerprint density at radius 3 is 2.32 bits per heavy atom. The third-order valence-electron chi connectivity index (χ3n) is 4.67. The summed E-state index contributed by atoms with van der Waals surface area (Å²) in [6.07, 6.45) is 2.11. The molecular weight excluding hydrogens is 244 g/mol. The van der Waals surface area contributed by atoms with E-state index in [-0.39, 0.29) is 6.03 Å². The normalized spacial score (nSPS) is 20.5. The number of urea groups is 1. The Labute approximate surface area is 115 Å². The van der Waals surface area contributed by atoms with Crippen molar-refractivity contribution in [3.05, 3.63) is 0 Å². The molecule has 1 atom stereocenters. The molecule has 0 aromatic carbocycles. The summed E-state index contributed by atoms with van der Waals surface area (Å²) in [7, 11) is 0. The van der Waals surface area contributed by atoms with Gasteiger partial charge >= 0.3 is 12.0 Å². The van der Waals surface area contributed by atoms with Gasteiger partial charge in [-0.25, -0.2) is 4.79 Å². The van der Waals surface area contributed by atoms with E-state index in [4.69, 9.17) is 0 Å². The van der Waals surface area contributed by atoms with E-state index in [0.29, 0.717) is 5.92 Å². The van der Waals surface area contributed by atoms with Crippen LogP contribution in [0.25, 0.3) is 0 Å². The number of carbonyl (C=O) groups excluding carboxylic acids is 1. The van der Waals surface area contributed by atoms with Crippen LogP contribution in [0.3, 0.4) is 0 Å². The van der Waals surface area contributed by atoms with E-state index in [1.807, 2.05) is 0 Å². The summed E-state index contributed by atoms with van der Waals surface area (Å²) in [6.45, 7) is 10.4. The molecule has 1 fully saturated rings. The van der Waals surface area contributed by atoms with Crippen LogP contribution >= 0.6 is 0 Å².